The van der Waals surface area contributed by atoms with Gasteiger partial charge in [0.15, 0.2) is 0 Å². The van der Waals surface area contributed by atoms with Gasteiger partial charge in [-0.1, -0.05) is 0 Å². The Hall–Kier alpha value is -1.69. The molecule has 1 aromatic heterocycles. The molecule has 78 valence electrons. The third-order valence-corrected chi connectivity index (χ3v) is 2.18. The van der Waals surface area contributed by atoms with Crippen molar-refractivity contribution in [3.63, 3.8) is 0 Å². The minimum atomic E-state index is -3.49. The van der Waals surface area contributed by atoms with Crippen molar-refractivity contribution < 1.29 is 12.6 Å². The summed E-state index contributed by atoms with van der Waals surface area (Å²) in [7, 11) is -3.49. The molecule has 0 aliphatic rings. The Morgan fingerprint density at radius 2 is 1.80 bits per heavy atom. The molecule has 0 unspecified atom stereocenters. The van der Waals surface area contributed by atoms with Crippen LogP contribution in [0.5, 0.6) is 5.75 Å². The average molecular weight is 224 g/mol. The molecule has 1 heterocycles. The van der Waals surface area contributed by atoms with Gasteiger partial charge >= 0.3 is 10.1 Å². The van der Waals surface area contributed by atoms with Gasteiger partial charge in [-0.25, -0.2) is 0 Å². The highest BCUT2D eigenvalue weighted by Crippen LogP contribution is 2.18. The van der Waals surface area contributed by atoms with E-state index in [1.54, 1.807) is 12.3 Å². The van der Waals surface area contributed by atoms with Crippen molar-refractivity contribution in [2.45, 2.75) is 0 Å². The Morgan fingerprint density at radius 1 is 1.13 bits per heavy atom. The zero-order valence-corrected chi connectivity index (χ0v) is 8.73. The van der Waals surface area contributed by atoms with E-state index in [0.29, 0.717) is 11.0 Å². The largest absolute Gasteiger partial charge is 0.383 e. The minimum absolute atomic E-state index is 0.241. The molecule has 1 aromatic carbocycles. The van der Waals surface area contributed by atoms with Crippen molar-refractivity contribution in [2.24, 2.45) is 0 Å². The molecule has 0 saturated heterocycles. The molecule has 0 aliphatic heterocycles. The van der Waals surface area contributed by atoms with Crippen molar-refractivity contribution in [1.29, 1.82) is 0 Å². The van der Waals surface area contributed by atoms with Crippen molar-refractivity contribution in [2.75, 3.05) is 6.26 Å². The highest BCUT2D eigenvalue weighted by Gasteiger charge is 2.05. The molecule has 2 aromatic rings. The Kier molecular flexibility index (Phi) is 2.28. The first kappa shape index (κ1) is 9.85. The molecule has 0 bridgehead atoms. The van der Waals surface area contributed by atoms with E-state index in [0.717, 1.165) is 6.26 Å². The van der Waals surface area contributed by atoms with Crippen LogP contribution < -0.4 is 4.18 Å². The van der Waals surface area contributed by atoms with E-state index >= 15 is 0 Å². The molecule has 0 radical (unpaired) electrons. The summed E-state index contributed by atoms with van der Waals surface area (Å²) in [5.74, 6) is 0.241. The molecular weight excluding hydrogens is 216 g/mol. The fourth-order valence-corrected chi connectivity index (χ4v) is 1.62. The maximum absolute atomic E-state index is 10.9. The lowest BCUT2D eigenvalue weighted by molar-refractivity contribution is 0.493. The van der Waals surface area contributed by atoms with E-state index in [9.17, 15) is 8.42 Å². The second kappa shape index (κ2) is 3.47. The maximum atomic E-state index is 10.9. The SMILES string of the molecule is CS(=O)(=O)Oc1ccc2nccnc2c1. The van der Waals surface area contributed by atoms with Crippen LogP contribution in [0.1, 0.15) is 0 Å². The van der Waals surface area contributed by atoms with Crippen LogP contribution in [0.4, 0.5) is 0 Å². The van der Waals surface area contributed by atoms with Crippen LogP contribution in [0, 0.1) is 0 Å². The highest BCUT2D eigenvalue weighted by molar-refractivity contribution is 7.86. The summed E-state index contributed by atoms with van der Waals surface area (Å²) in [6, 6.07) is 4.73. The first-order valence-corrected chi connectivity index (χ1v) is 5.96. The number of rotatable bonds is 2. The zero-order chi connectivity index (χ0) is 10.9. The molecule has 2 rings (SSSR count). The number of nitrogens with zero attached hydrogens (tertiary/aromatic N) is 2. The van der Waals surface area contributed by atoms with Gasteiger partial charge in [0, 0.05) is 18.5 Å². The van der Waals surface area contributed by atoms with Crippen LogP contribution in [0.15, 0.2) is 30.6 Å². The van der Waals surface area contributed by atoms with Crippen LogP contribution >= 0.6 is 0 Å². The first-order valence-electron chi connectivity index (χ1n) is 4.15. The summed E-state index contributed by atoms with van der Waals surface area (Å²) < 4.78 is 26.5. The highest BCUT2D eigenvalue weighted by atomic mass is 32.2. The lowest BCUT2D eigenvalue weighted by Crippen LogP contribution is -2.05. The van der Waals surface area contributed by atoms with Crippen LogP contribution in [-0.2, 0) is 10.1 Å². The van der Waals surface area contributed by atoms with Crippen molar-refractivity contribution in [3.05, 3.63) is 30.6 Å². The van der Waals surface area contributed by atoms with E-state index in [1.165, 1.54) is 18.3 Å². The number of hydrogen-bond donors (Lipinski definition) is 0. The second-order valence-corrected chi connectivity index (χ2v) is 4.57. The lowest BCUT2D eigenvalue weighted by atomic mass is 10.3. The number of hydrogen-bond acceptors (Lipinski definition) is 5. The molecule has 0 saturated carbocycles. The summed E-state index contributed by atoms with van der Waals surface area (Å²) in [5, 5.41) is 0. The smallest absolute Gasteiger partial charge is 0.306 e. The van der Waals surface area contributed by atoms with E-state index in [-0.39, 0.29) is 5.75 Å². The minimum Gasteiger partial charge on any atom is -0.383 e. The van der Waals surface area contributed by atoms with E-state index in [4.69, 9.17) is 4.18 Å². The predicted molar refractivity (Wildman–Crippen MR) is 55.0 cm³/mol. The topological polar surface area (TPSA) is 69.2 Å². The Bertz CT molecular complexity index is 595. The number of benzene rings is 1. The zero-order valence-electron chi connectivity index (χ0n) is 7.91. The van der Waals surface area contributed by atoms with Crippen molar-refractivity contribution >= 4 is 21.2 Å². The molecule has 0 atom stereocenters. The van der Waals surface area contributed by atoms with Crippen LogP contribution in [0.25, 0.3) is 11.0 Å². The predicted octanol–water partition coefficient (Wildman–Crippen LogP) is 0.968. The monoisotopic (exact) mass is 224 g/mol. The second-order valence-electron chi connectivity index (χ2n) is 2.99. The summed E-state index contributed by atoms with van der Waals surface area (Å²) in [6.45, 7) is 0. The molecule has 0 aliphatic carbocycles. The van der Waals surface area contributed by atoms with Crippen LogP contribution in [0.2, 0.25) is 0 Å². The molecular formula is C9H8N2O3S. The number of aromatic nitrogens is 2. The van der Waals surface area contributed by atoms with Gasteiger partial charge in [-0.05, 0) is 12.1 Å². The Labute approximate surface area is 86.9 Å². The quantitative estimate of drug-likeness (QED) is 0.711. The van der Waals surface area contributed by atoms with E-state index < -0.39 is 10.1 Å². The van der Waals surface area contributed by atoms with Crippen molar-refractivity contribution in [1.82, 2.24) is 9.97 Å². The summed E-state index contributed by atoms with van der Waals surface area (Å²) in [4.78, 5) is 8.09. The fraction of sp³-hybridized carbons (Fsp3) is 0.111. The van der Waals surface area contributed by atoms with Crippen molar-refractivity contribution in [3.8, 4) is 5.75 Å². The Balaban J connectivity index is 2.48. The van der Waals surface area contributed by atoms with Gasteiger partial charge in [-0.15, -0.1) is 0 Å². The van der Waals surface area contributed by atoms with Gasteiger partial charge < -0.3 is 4.18 Å². The normalized spacial score (nSPS) is 11.5. The third-order valence-electron chi connectivity index (χ3n) is 1.69. The number of fused-ring (bicyclic) bond motifs is 1. The molecule has 0 spiro atoms. The molecule has 0 fully saturated rings. The van der Waals surface area contributed by atoms with Gasteiger partial charge in [0.2, 0.25) is 0 Å². The van der Waals surface area contributed by atoms with Gasteiger partial charge in [0.25, 0.3) is 0 Å². The summed E-state index contributed by atoms with van der Waals surface area (Å²) >= 11 is 0. The van der Waals surface area contributed by atoms with Gasteiger partial charge in [0.05, 0.1) is 17.3 Å². The molecule has 15 heavy (non-hydrogen) atoms. The van der Waals surface area contributed by atoms with Gasteiger partial charge in [-0.2, -0.15) is 8.42 Å². The first-order chi connectivity index (χ1) is 7.04. The maximum Gasteiger partial charge on any atom is 0.306 e. The standard InChI is InChI=1S/C9H8N2O3S/c1-15(12,13)14-7-2-3-8-9(6-7)11-5-4-10-8/h2-6H,1H3. The fourth-order valence-electron chi connectivity index (χ4n) is 1.17. The molecule has 0 N–H and O–H groups in total. The van der Waals surface area contributed by atoms with Crippen LogP contribution in [0.3, 0.4) is 0 Å². The Morgan fingerprint density at radius 3 is 2.47 bits per heavy atom. The van der Waals surface area contributed by atoms with Crippen LogP contribution in [-0.4, -0.2) is 24.6 Å². The summed E-state index contributed by atoms with van der Waals surface area (Å²) in [6.07, 6.45) is 4.10. The average Bonchev–Trinajstić information content (AvgIpc) is 2.15. The summed E-state index contributed by atoms with van der Waals surface area (Å²) in [5.41, 5.74) is 1.29. The van der Waals surface area contributed by atoms with Gasteiger partial charge in [-0.3, -0.25) is 9.97 Å². The molecule has 0 amide bonds. The van der Waals surface area contributed by atoms with Gasteiger partial charge in [0.1, 0.15) is 5.75 Å². The molecule has 6 heteroatoms. The third kappa shape index (κ3) is 2.41. The van der Waals surface area contributed by atoms with E-state index in [1.807, 2.05) is 0 Å². The van der Waals surface area contributed by atoms with E-state index in [2.05, 4.69) is 9.97 Å². The molecule has 5 nitrogen and oxygen atoms in total. The lowest BCUT2D eigenvalue weighted by Gasteiger charge is -2.02.